The van der Waals surface area contributed by atoms with Crippen LogP contribution >= 0.6 is 12.2 Å². The van der Waals surface area contributed by atoms with E-state index in [2.05, 4.69) is 36.1 Å². The molecule has 1 saturated carbocycles. The van der Waals surface area contributed by atoms with Gasteiger partial charge in [-0.2, -0.15) is 5.10 Å². The van der Waals surface area contributed by atoms with Crippen LogP contribution in [0, 0.1) is 11.7 Å². The van der Waals surface area contributed by atoms with Crippen molar-refractivity contribution in [2.24, 2.45) is 7.05 Å². The number of aryl methyl sites for hydroxylation is 1. The molecule has 0 atom stereocenters. The molecule has 3 aromatic rings. The van der Waals surface area contributed by atoms with E-state index in [1.165, 1.54) is 24.0 Å². The molecule has 0 amide bonds. The minimum Gasteiger partial charge on any atom is -0.496 e. The van der Waals surface area contributed by atoms with Crippen LogP contribution < -0.4 is 4.74 Å². The first-order valence-corrected chi connectivity index (χ1v) is 10.0. The molecule has 0 bridgehead atoms. The maximum Gasteiger partial charge on any atom is 0.199 e. The number of nitrogens with zero attached hydrogens (tertiary/aromatic N) is 4. The number of hydrogen-bond acceptors (Lipinski definition) is 4. The van der Waals surface area contributed by atoms with Gasteiger partial charge in [-0.1, -0.05) is 42.0 Å². The third-order valence-electron chi connectivity index (χ3n) is 5.24. The Bertz CT molecular complexity index is 1040. The second-order valence-electron chi connectivity index (χ2n) is 7.47. The highest BCUT2D eigenvalue weighted by Crippen LogP contribution is 2.31. The largest absolute Gasteiger partial charge is 0.496 e. The third kappa shape index (κ3) is 3.88. The van der Waals surface area contributed by atoms with Crippen molar-refractivity contribution >= 4 is 12.2 Å². The lowest BCUT2D eigenvalue weighted by Gasteiger charge is -2.22. The Hall–Kier alpha value is -2.44. The molecule has 1 aromatic heterocycles. The molecule has 6 heteroatoms. The number of benzene rings is 2. The Balaban J connectivity index is 1.63. The van der Waals surface area contributed by atoms with Crippen LogP contribution in [0.15, 0.2) is 48.5 Å². The fourth-order valence-electron chi connectivity index (χ4n) is 3.60. The second-order valence-corrected chi connectivity index (χ2v) is 7.84. The molecular weight excluding hydrogens is 368 g/mol. The van der Waals surface area contributed by atoms with Crippen molar-refractivity contribution in [3.63, 3.8) is 0 Å². The Morgan fingerprint density at radius 3 is 2.68 bits per heavy atom. The van der Waals surface area contributed by atoms with Gasteiger partial charge in [0.05, 0.1) is 19.3 Å². The van der Waals surface area contributed by atoms with E-state index in [9.17, 15) is 0 Å². The molecule has 5 nitrogen and oxygen atoms in total. The molecular formula is C22H26N4OS. The molecule has 0 spiro atoms. The average molecular weight is 395 g/mol. The number of hydrogen-bond donors (Lipinski definition) is 0. The molecule has 28 heavy (non-hydrogen) atoms. The summed E-state index contributed by atoms with van der Waals surface area (Å²) in [6, 6.07) is 17.3. The van der Waals surface area contributed by atoms with Crippen molar-refractivity contribution in [3.05, 3.63) is 64.4 Å². The van der Waals surface area contributed by atoms with Gasteiger partial charge in [0, 0.05) is 19.6 Å². The van der Waals surface area contributed by atoms with Gasteiger partial charge in [0.2, 0.25) is 0 Å². The van der Waals surface area contributed by atoms with Gasteiger partial charge >= 0.3 is 0 Å². The summed E-state index contributed by atoms with van der Waals surface area (Å²) in [7, 11) is 3.65. The molecule has 0 aliphatic heterocycles. The van der Waals surface area contributed by atoms with Crippen LogP contribution in [0.3, 0.4) is 0 Å². The topological polar surface area (TPSA) is 35.2 Å². The Labute approximate surface area is 171 Å². The summed E-state index contributed by atoms with van der Waals surface area (Å²) >= 11 is 5.70. The maximum atomic E-state index is 5.70. The second kappa shape index (κ2) is 7.89. The average Bonchev–Trinajstić information content (AvgIpc) is 3.51. The zero-order chi connectivity index (χ0) is 19.7. The highest BCUT2D eigenvalue weighted by atomic mass is 32.1. The lowest BCUT2D eigenvalue weighted by Crippen LogP contribution is -2.29. The van der Waals surface area contributed by atoms with Gasteiger partial charge < -0.3 is 9.30 Å². The fraction of sp³-hybridized carbons (Fsp3) is 0.364. The predicted octanol–water partition coefficient (Wildman–Crippen LogP) is 4.56. The van der Waals surface area contributed by atoms with Gasteiger partial charge in [-0.15, -0.1) is 0 Å². The molecule has 1 heterocycles. The van der Waals surface area contributed by atoms with Gasteiger partial charge in [0.25, 0.3) is 0 Å². The van der Waals surface area contributed by atoms with Gasteiger partial charge in [-0.25, -0.2) is 4.68 Å². The highest BCUT2D eigenvalue weighted by Gasteiger charge is 2.30. The summed E-state index contributed by atoms with van der Waals surface area (Å²) in [5, 5.41) is 4.85. The van der Waals surface area contributed by atoms with Crippen LogP contribution in [-0.4, -0.2) is 32.4 Å². The number of aromatic nitrogens is 3. The van der Waals surface area contributed by atoms with E-state index in [4.69, 9.17) is 22.1 Å². The number of para-hydroxylation sites is 1. The zero-order valence-electron chi connectivity index (χ0n) is 16.6. The SMILES string of the molecule is COc1ccccc1-c1nn(CN(Cc2cccc(C)c2)C2CC2)c(=S)n1C. The van der Waals surface area contributed by atoms with Crippen molar-refractivity contribution in [3.8, 4) is 17.1 Å². The van der Waals surface area contributed by atoms with Crippen molar-refractivity contribution in [2.75, 3.05) is 7.11 Å². The summed E-state index contributed by atoms with van der Waals surface area (Å²) < 4.78 is 10.1. The van der Waals surface area contributed by atoms with E-state index in [-0.39, 0.29) is 0 Å². The summed E-state index contributed by atoms with van der Waals surface area (Å²) in [6.45, 7) is 3.74. The summed E-state index contributed by atoms with van der Waals surface area (Å²) in [5.41, 5.74) is 3.58. The molecule has 146 valence electrons. The zero-order valence-corrected chi connectivity index (χ0v) is 17.4. The van der Waals surface area contributed by atoms with Crippen LogP contribution in [0.5, 0.6) is 5.75 Å². The lowest BCUT2D eigenvalue weighted by atomic mass is 10.1. The molecule has 4 rings (SSSR count). The predicted molar refractivity (Wildman–Crippen MR) is 114 cm³/mol. The quantitative estimate of drug-likeness (QED) is 0.551. The Morgan fingerprint density at radius 2 is 1.96 bits per heavy atom. The molecule has 0 unspecified atom stereocenters. The van der Waals surface area contributed by atoms with Crippen molar-refractivity contribution in [1.82, 2.24) is 19.2 Å². The van der Waals surface area contributed by atoms with Crippen molar-refractivity contribution in [1.29, 1.82) is 0 Å². The van der Waals surface area contributed by atoms with Crippen LogP contribution in [0.25, 0.3) is 11.4 Å². The van der Waals surface area contributed by atoms with Gasteiger partial charge in [0.1, 0.15) is 5.75 Å². The van der Waals surface area contributed by atoms with E-state index in [1.807, 2.05) is 40.6 Å². The van der Waals surface area contributed by atoms with E-state index in [0.717, 1.165) is 28.5 Å². The van der Waals surface area contributed by atoms with Crippen LogP contribution in [0.1, 0.15) is 24.0 Å². The molecule has 2 aromatic carbocycles. The van der Waals surface area contributed by atoms with E-state index in [1.54, 1.807) is 7.11 Å². The smallest absolute Gasteiger partial charge is 0.199 e. The Kier molecular flexibility index (Phi) is 5.33. The van der Waals surface area contributed by atoms with E-state index in [0.29, 0.717) is 12.7 Å². The molecule has 0 saturated heterocycles. The van der Waals surface area contributed by atoms with E-state index >= 15 is 0 Å². The summed E-state index contributed by atoms with van der Waals surface area (Å²) in [5.74, 6) is 1.63. The van der Waals surface area contributed by atoms with Crippen LogP contribution in [0.2, 0.25) is 0 Å². The molecule has 0 radical (unpaired) electrons. The van der Waals surface area contributed by atoms with Crippen LogP contribution in [0.4, 0.5) is 0 Å². The molecule has 1 fully saturated rings. The van der Waals surface area contributed by atoms with Crippen molar-refractivity contribution < 1.29 is 4.74 Å². The van der Waals surface area contributed by atoms with Gasteiger partial charge in [0.15, 0.2) is 10.6 Å². The Morgan fingerprint density at radius 1 is 1.18 bits per heavy atom. The van der Waals surface area contributed by atoms with E-state index < -0.39 is 0 Å². The van der Waals surface area contributed by atoms with Crippen molar-refractivity contribution in [2.45, 2.75) is 39.0 Å². The molecule has 1 aliphatic rings. The minimum absolute atomic E-state index is 0.610. The third-order valence-corrected chi connectivity index (χ3v) is 5.72. The minimum atomic E-state index is 0.610. The number of methoxy groups -OCH3 is 1. The number of rotatable bonds is 7. The standard InChI is InChI=1S/C22H26N4OS/c1-16-7-6-8-17(13-16)14-25(18-11-12-18)15-26-22(28)24(2)21(23-26)19-9-4-5-10-20(19)27-3/h4-10,13,18H,11-12,14-15H2,1-3H3. The monoisotopic (exact) mass is 394 g/mol. The summed E-state index contributed by atoms with van der Waals surface area (Å²) in [6.07, 6.45) is 2.48. The lowest BCUT2D eigenvalue weighted by molar-refractivity contribution is 0.186. The normalized spacial score (nSPS) is 13.9. The fourth-order valence-corrected chi connectivity index (χ4v) is 3.78. The molecule has 1 aliphatic carbocycles. The summed E-state index contributed by atoms with van der Waals surface area (Å²) in [4.78, 5) is 2.48. The maximum absolute atomic E-state index is 5.70. The first kappa shape index (κ1) is 18.9. The molecule has 0 N–H and O–H groups in total. The number of ether oxygens (including phenoxy) is 1. The van der Waals surface area contributed by atoms with Crippen LogP contribution in [-0.2, 0) is 20.3 Å². The van der Waals surface area contributed by atoms with Gasteiger partial charge in [-0.3, -0.25) is 4.90 Å². The first-order chi connectivity index (χ1) is 13.6. The van der Waals surface area contributed by atoms with Gasteiger partial charge in [-0.05, 0) is 49.7 Å². The highest BCUT2D eigenvalue weighted by molar-refractivity contribution is 7.71. The first-order valence-electron chi connectivity index (χ1n) is 9.63.